The molecule has 1 amide bonds. The molecule has 0 N–H and O–H groups in total. The molecule has 0 bridgehead atoms. The first kappa shape index (κ1) is 31.1. The standard InChI is InChI=1S/C27H36N4O5S2.ClH/c1-29(2)14-9-17-31(27-28-22-18-23(35-3)24(36-4)19-25(22)37-27)26(32)20-10-12-21(13-11-20)38(33,34)30-15-7-5-6-8-16-30;/h10-13,18-19H,5-9,14-17H2,1-4H3;1H. The maximum Gasteiger partial charge on any atom is 0.260 e. The Bertz CT molecular complexity index is 1310. The Balaban J connectivity index is 0.00000420. The molecule has 1 saturated heterocycles. The fourth-order valence-electron chi connectivity index (χ4n) is 4.54. The number of benzene rings is 2. The molecule has 39 heavy (non-hydrogen) atoms. The fraction of sp³-hybridized carbons (Fsp3) is 0.481. The van der Waals surface area contributed by atoms with Gasteiger partial charge in [0, 0.05) is 37.3 Å². The molecule has 0 spiro atoms. The lowest BCUT2D eigenvalue weighted by molar-refractivity contribution is 0.0986. The van der Waals surface area contributed by atoms with Crippen LogP contribution in [0.25, 0.3) is 10.2 Å². The molecule has 2 heterocycles. The Labute approximate surface area is 241 Å². The minimum atomic E-state index is -3.59. The summed E-state index contributed by atoms with van der Waals surface area (Å²) in [6, 6.07) is 9.95. The van der Waals surface area contributed by atoms with E-state index in [4.69, 9.17) is 14.5 Å². The van der Waals surface area contributed by atoms with Crippen LogP contribution in [-0.2, 0) is 10.0 Å². The number of nitrogens with zero attached hydrogens (tertiary/aromatic N) is 4. The van der Waals surface area contributed by atoms with Crippen molar-refractivity contribution in [1.29, 1.82) is 0 Å². The van der Waals surface area contributed by atoms with Gasteiger partial charge in [0.15, 0.2) is 16.6 Å². The molecule has 214 valence electrons. The minimum absolute atomic E-state index is 0. The summed E-state index contributed by atoms with van der Waals surface area (Å²) in [5, 5.41) is 0.570. The van der Waals surface area contributed by atoms with Crippen molar-refractivity contribution in [1.82, 2.24) is 14.2 Å². The van der Waals surface area contributed by atoms with Crippen LogP contribution < -0.4 is 14.4 Å². The number of rotatable bonds is 10. The van der Waals surface area contributed by atoms with E-state index in [0.29, 0.717) is 47.3 Å². The van der Waals surface area contributed by atoms with Crippen molar-refractivity contribution in [2.45, 2.75) is 37.0 Å². The number of halogens is 1. The van der Waals surface area contributed by atoms with Gasteiger partial charge in [-0.15, -0.1) is 12.4 Å². The van der Waals surface area contributed by atoms with Gasteiger partial charge in [0.1, 0.15) is 0 Å². The van der Waals surface area contributed by atoms with Crippen molar-refractivity contribution >= 4 is 55.0 Å². The Kier molecular flexibility index (Phi) is 11.0. The van der Waals surface area contributed by atoms with Gasteiger partial charge < -0.3 is 14.4 Å². The molecule has 0 atom stereocenters. The third-order valence-corrected chi connectivity index (χ3v) is 9.60. The molecule has 2 aromatic carbocycles. The quantitative estimate of drug-likeness (QED) is 0.329. The van der Waals surface area contributed by atoms with E-state index in [-0.39, 0.29) is 23.2 Å². The zero-order valence-corrected chi connectivity index (χ0v) is 25.3. The topological polar surface area (TPSA) is 92.3 Å². The van der Waals surface area contributed by atoms with Gasteiger partial charge >= 0.3 is 0 Å². The Hall–Kier alpha value is -2.44. The van der Waals surface area contributed by atoms with E-state index >= 15 is 0 Å². The number of amides is 1. The molecular formula is C27H37ClN4O5S2. The normalized spacial score (nSPS) is 14.6. The van der Waals surface area contributed by atoms with Crippen LogP contribution in [0.4, 0.5) is 5.13 Å². The van der Waals surface area contributed by atoms with Gasteiger partial charge in [-0.05, 0) is 64.2 Å². The summed E-state index contributed by atoms with van der Waals surface area (Å²) in [5.41, 5.74) is 1.13. The van der Waals surface area contributed by atoms with Crippen molar-refractivity contribution in [3.63, 3.8) is 0 Å². The summed E-state index contributed by atoms with van der Waals surface area (Å²) in [6.07, 6.45) is 4.60. The number of hydrogen-bond donors (Lipinski definition) is 0. The van der Waals surface area contributed by atoms with Crippen molar-refractivity contribution in [3.8, 4) is 11.5 Å². The van der Waals surface area contributed by atoms with Crippen molar-refractivity contribution in [2.75, 3.05) is 59.4 Å². The lowest BCUT2D eigenvalue weighted by Gasteiger charge is -2.22. The lowest BCUT2D eigenvalue weighted by atomic mass is 10.2. The Morgan fingerprint density at radius 2 is 1.59 bits per heavy atom. The van der Waals surface area contributed by atoms with E-state index in [2.05, 4.69) is 4.90 Å². The molecule has 1 aliphatic rings. The number of anilines is 1. The molecular weight excluding hydrogens is 560 g/mol. The van der Waals surface area contributed by atoms with Crippen LogP contribution in [-0.4, -0.2) is 83.0 Å². The second kappa shape index (κ2) is 13.8. The van der Waals surface area contributed by atoms with Gasteiger partial charge in [-0.3, -0.25) is 9.69 Å². The minimum Gasteiger partial charge on any atom is -0.493 e. The molecule has 3 aromatic rings. The van der Waals surface area contributed by atoms with Gasteiger partial charge in [0.2, 0.25) is 10.0 Å². The number of thiazole rings is 1. The van der Waals surface area contributed by atoms with E-state index in [1.807, 2.05) is 20.2 Å². The van der Waals surface area contributed by atoms with E-state index in [9.17, 15) is 13.2 Å². The average molecular weight is 597 g/mol. The number of carbonyl (C=O) groups is 1. The zero-order valence-electron chi connectivity index (χ0n) is 22.9. The predicted molar refractivity (Wildman–Crippen MR) is 158 cm³/mol. The molecule has 12 heteroatoms. The van der Waals surface area contributed by atoms with E-state index in [0.717, 1.165) is 43.3 Å². The molecule has 4 rings (SSSR count). The smallest absolute Gasteiger partial charge is 0.260 e. The number of hydrogen-bond acceptors (Lipinski definition) is 8. The number of carbonyl (C=O) groups excluding carboxylic acids is 1. The predicted octanol–water partition coefficient (Wildman–Crippen LogP) is 4.90. The third kappa shape index (κ3) is 7.20. The molecule has 0 saturated carbocycles. The molecule has 1 aromatic heterocycles. The summed E-state index contributed by atoms with van der Waals surface area (Å²) in [6.45, 7) is 2.36. The van der Waals surface area contributed by atoms with Gasteiger partial charge in [-0.2, -0.15) is 4.31 Å². The van der Waals surface area contributed by atoms with Crippen LogP contribution in [0.3, 0.4) is 0 Å². The number of fused-ring (bicyclic) bond motifs is 1. The van der Waals surface area contributed by atoms with Gasteiger partial charge in [-0.1, -0.05) is 24.2 Å². The van der Waals surface area contributed by atoms with Crippen LogP contribution in [0.1, 0.15) is 42.5 Å². The van der Waals surface area contributed by atoms with Crippen LogP contribution in [0, 0.1) is 0 Å². The second-order valence-electron chi connectivity index (χ2n) is 9.63. The lowest BCUT2D eigenvalue weighted by Crippen LogP contribution is -2.34. The van der Waals surface area contributed by atoms with Crippen molar-refractivity contribution in [2.24, 2.45) is 0 Å². The summed E-state index contributed by atoms with van der Waals surface area (Å²) < 4.78 is 39.6. The van der Waals surface area contributed by atoms with Crippen LogP contribution in [0.5, 0.6) is 11.5 Å². The highest BCUT2D eigenvalue weighted by Gasteiger charge is 2.27. The third-order valence-electron chi connectivity index (χ3n) is 6.65. The van der Waals surface area contributed by atoms with Crippen LogP contribution in [0.15, 0.2) is 41.3 Å². The van der Waals surface area contributed by atoms with Gasteiger partial charge in [0.25, 0.3) is 5.91 Å². The first-order chi connectivity index (χ1) is 18.2. The highest BCUT2D eigenvalue weighted by Crippen LogP contribution is 2.37. The van der Waals surface area contributed by atoms with Gasteiger partial charge in [0.05, 0.1) is 29.3 Å². The summed E-state index contributed by atoms with van der Waals surface area (Å²) in [7, 11) is 3.56. The maximum atomic E-state index is 13.7. The fourth-order valence-corrected chi connectivity index (χ4v) is 7.06. The number of methoxy groups -OCH3 is 2. The first-order valence-corrected chi connectivity index (χ1v) is 15.1. The molecule has 1 fully saturated rings. The van der Waals surface area contributed by atoms with Crippen LogP contribution in [0.2, 0.25) is 0 Å². The Morgan fingerprint density at radius 1 is 0.974 bits per heavy atom. The number of ether oxygens (including phenoxy) is 2. The van der Waals surface area contributed by atoms with E-state index in [1.165, 1.54) is 11.3 Å². The van der Waals surface area contributed by atoms with Crippen molar-refractivity contribution < 1.29 is 22.7 Å². The first-order valence-electron chi connectivity index (χ1n) is 12.8. The molecule has 1 aliphatic heterocycles. The largest absolute Gasteiger partial charge is 0.493 e. The highest BCUT2D eigenvalue weighted by molar-refractivity contribution is 7.89. The summed E-state index contributed by atoms with van der Waals surface area (Å²) >= 11 is 1.41. The van der Waals surface area contributed by atoms with E-state index < -0.39 is 10.0 Å². The maximum absolute atomic E-state index is 13.7. The highest BCUT2D eigenvalue weighted by atomic mass is 35.5. The number of aromatic nitrogens is 1. The molecule has 0 unspecified atom stereocenters. The average Bonchev–Trinajstić information content (AvgIpc) is 3.11. The number of sulfonamides is 1. The zero-order chi connectivity index (χ0) is 27.3. The summed E-state index contributed by atoms with van der Waals surface area (Å²) in [4.78, 5) is 22.4. The SMILES string of the molecule is COc1cc2nc(N(CCCN(C)C)C(=O)c3ccc(S(=O)(=O)N4CCCCCC4)cc3)sc2cc1OC.Cl. The monoisotopic (exact) mass is 596 g/mol. The molecule has 9 nitrogen and oxygen atoms in total. The molecule has 0 aliphatic carbocycles. The van der Waals surface area contributed by atoms with E-state index in [1.54, 1.807) is 53.8 Å². The summed E-state index contributed by atoms with van der Waals surface area (Å²) in [5.74, 6) is 0.950. The molecule has 0 radical (unpaired) electrons. The van der Waals surface area contributed by atoms with Crippen LogP contribution >= 0.6 is 23.7 Å². The van der Waals surface area contributed by atoms with Crippen molar-refractivity contribution in [3.05, 3.63) is 42.0 Å². The second-order valence-corrected chi connectivity index (χ2v) is 12.6. The van der Waals surface area contributed by atoms with Gasteiger partial charge in [-0.25, -0.2) is 13.4 Å². The Morgan fingerprint density at radius 3 is 2.18 bits per heavy atom.